The van der Waals surface area contributed by atoms with E-state index in [1.54, 1.807) is 24.1 Å². The fourth-order valence-electron chi connectivity index (χ4n) is 2.55. The lowest BCUT2D eigenvalue weighted by Crippen LogP contribution is -2.24. The normalized spacial score (nSPS) is 13.0. The molecular weight excluding hydrogens is 359 g/mol. The Labute approximate surface area is 154 Å². The first kappa shape index (κ1) is 18.9. The van der Waals surface area contributed by atoms with Gasteiger partial charge >= 0.3 is 6.36 Å². The standard InChI is InChI=1S/C19H18F3N3O2/c1-13(17-23-24-18(26-17)14-8-4-3-5-9-14)25(2)12-15-10-6-7-11-16(15)27-19(20,21)22/h3-11,13H,12H2,1-2H3. The highest BCUT2D eigenvalue weighted by Gasteiger charge is 2.32. The summed E-state index contributed by atoms with van der Waals surface area (Å²) in [6.07, 6.45) is -4.74. The van der Waals surface area contributed by atoms with Gasteiger partial charge in [-0.3, -0.25) is 4.90 Å². The molecule has 0 aliphatic heterocycles. The topological polar surface area (TPSA) is 51.4 Å². The van der Waals surface area contributed by atoms with E-state index >= 15 is 0 Å². The van der Waals surface area contributed by atoms with Crippen LogP contribution < -0.4 is 4.74 Å². The second-order valence-corrected chi connectivity index (χ2v) is 6.06. The molecule has 1 aromatic heterocycles. The van der Waals surface area contributed by atoms with Crippen molar-refractivity contribution in [1.82, 2.24) is 15.1 Å². The van der Waals surface area contributed by atoms with Crippen LogP contribution in [0.5, 0.6) is 5.75 Å². The molecule has 0 spiro atoms. The van der Waals surface area contributed by atoms with Crippen molar-refractivity contribution < 1.29 is 22.3 Å². The highest BCUT2D eigenvalue weighted by atomic mass is 19.4. The number of nitrogens with zero attached hydrogens (tertiary/aromatic N) is 3. The Morgan fingerprint density at radius 3 is 2.41 bits per heavy atom. The van der Waals surface area contributed by atoms with Gasteiger partial charge in [-0.05, 0) is 32.2 Å². The highest BCUT2D eigenvalue weighted by Crippen LogP contribution is 2.29. The molecule has 8 heteroatoms. The van der Waals surface area contributed by atoms with Crippen LogP contribution in [0.3, 0.4) is 0 Å². The molecule has 1 heterocycles. The van der Waals surface area contributed by atoms with Gasteiger partial charge in [0.25, 0.3) is 0 Å². The van der Waals surface area contributed by atoms with Crippen LogP contribution in [0, 0.1) is 0 Å². The van der Waals surface area contributed by atoms with Gasteiger partial charge in [0.05, 0.1) is 6.04 Å². The van der Waals surface area contributed by atoms with Crippen molar-refractivity contribution in [2.45, 2.75) is 25.9 Å². The van der Waals surface area contributed by atoms with E-state index in [2.05, 4.69) is 14.9 Å². The maximum atomic E-state index is 12.6. The van der Waals surface area contributed by atoms with Crippen molar-refractivity contribution in [3.05, 3.63) is 66.1 Å². The molecule has 0 aliphatic rings. The summed E-state index contributed by atoms with van der Waals surface area (Å²) in [7, 11) is 1.77. The number of hydrogen-bond acceptors (Lipinski definition) is 5. The van der Waals surface area contributed by atoms with Gasteiger partial charge in [-0.25, -0.2) is 0 Å². The van der Waals surface area contributed by atoms with Crippen LogP contribution in [-0.4, -0.2) is 28.5 Å². The second kappa shape index (κ2) is 7.79. The number of para-hydroxylation sites is 1. The summed E-state index contributed by atoms with van der Waals surface area (Å²) in [6.45, 7) is 2.06. The van der Waals surface area contributed by atoms with Crippen molar-refractivity contribution in [2.75, 3.05) is 7.05 Å². The second-order valence-electron chi connectivity index (χ2n) is 6.06. The molecule has 0 aliphatic carbocycles. The summed E-state index contributed by atoms with van der Waals surface area (Å²) in [5, 5.41) is 8.11. The Bertz CT molecular complexity index is 881. The Kier molecular flexibility index (Phi) is 5.46. The van der Waals surface area contributed by atoms with Gasteiger partial charge in [0.15, 0.2) is 0 Å². The molecule has 0 N–H and O–H groups in total. The average Bonchev–Trinajstić information content (AvgIpc) is 3.12. The molecule has 142 valence electrons. The van der Waals surface area contributed by atoms with E-state index in [0.29, 0.717) is 17.3 Å². The molecule has 0 radical (unpaired) electrons. The molecule has 0 bridgehead atoms. The lowest BCUT2D eigenvalue weighted by molar-refractivity contribution is -0.275. The highest BCUT2D eigenvalue weighted by molar-refractivity contribution is 5.51. The molecule has 0 fully saturated rings. The summed E-state index contributed by atoms with van der Waals surface area (Å²) in [6, 6.07) is 15.1. The average molecular weight is 377 g/mol. The molecule has 5 nitrogen and oxygen atoms in total. The van der Waals surface area contributed by atoms with Crippen LogP contribution in [0.4, 0.5) is 13.2 Å². The molecule has 1 atom stereocenters. The van der Waals surface area contributed by atoms with E-state index < -0.39 is 6.36 Å². The first-order valence-electron chi connectivity index (χ1n) is 8.26. The predicted molar refractivity (Wildman–Crippen MR) is 92.7 cm³/mol. The molecule has 3 rings (SSSR count). The third-order valence-electron chi connectivity index (χ3n) is 4.10. The molecular formula is C19H18F3N3O2. The van der Waals surface area contributed by atoms with Crippen molar-refractivity contribution >= 4 is 0 Å². The smallest absolute Gasteiger partial charge is 0.419 e. The van der Waals surface area contributed by atoms with E-state index in [1.807, 2.05) is 37.3 Å². The van der Waals surface area contributed by atoms with E-state index in [0.717, 1.165) is 5.56 Å². The minimum Gasteiger partial charge on any atom is -0.419 e. The fraction of sp³-hybridized carbons (Fsp3) is 0.263. The predicted octanol–water partition coefficient (Wildman–Crippen LogP) is 4.83. The number of aromatic nitrogens is 2. The minimum absolute atomic E-state index is 0.219. The molecule has 3 aromatic rings. The van der Waals surface area contributed by atoms with Crippen LogP contribution in [0.15, 0.2) is 59.0 Å². The lowest BCUT2D eigenvalue weighted by Gasteiger charge is -2.23. The zero-order valence-corrected chi connectivity index (χ0v) is 14.8. The number of rotatable bonds is 6. The van der Waals surface area contributed by atoms with Crippen LogP contribution >= 0.6 is 0 Å². The Balaban J connectivity index is 1.74. The van der Waals surface area contributed by atoms with Gasteiger partial charge in [-0.1, -0.05) is 36.4 Å². The number of alkyl halides is 3. The van der Waals surface area contributed by atoms with Gasteiger partial charge in [0.1, 0.15) is 5.75 Å². The largest absolute Gasteiger partial charge is 0.573 e. The van der Waals surface area contributed by atoms with Crippen LogP contribution in [0.1, 0.15) is 24.4 Å². The van der Waals surface area contributed by atoms with Crippen molar-refractivity contribution in [2.24, 2.45) is 0 Å². The van der Waals surface area contributed by atoms with Gasteiger partial charge in [-0.15, -0.1) is 23.4 Å². The van der Waals surface area contributed by atoms with E-state index in [-0.39, 0.29) is 18.3 Å². The summed E-state index contributed by atoms with van der Waals surface area (Å²) < 4.78 is 47.6. The fourth-order valence-corrected chi connectivity index (χ4v) is 2.55. The van der Waals surface area contributed by atoms with Gasteiger partial charge in [0, 0.05) is 17.7 Å². The Hall–Kier alpha value is -2.87. The van der Waals surface area contributed by atoms with Gasteiger partial charge in [-0.2, -0.15) is 0 Å². The van der Waals surface area contributed by atoms with Crippen molar-refractivity contribution in [3.8, 4) is 17.2 Å². The maximum Gasteiger partial charge on any atom is 0.573 e. The SMILES string of the molecule is CC(c1nnc(-c2ccccc2)o1)N(C)Cc1ccccc1OC(F)(F)F. The first-order valence-corrected chi connectivity index (χ1v) is 8.26. The zero-order valence-electron chi connectivity index (χ0n) is 14.8. The summed E-state index contributed by atoms with van der Waals surface area (Å²) in [4.78, 5) is 1.81. The van der Waals surface area contributed by atoms with Crippen LogP contribution in [0.2, 0.25) is 0 Å². The molecule has 27 heavy (non-hydrogen) atoms. The number of halogens is 3. The minimum atomic E-state index is -4.74. The summed E-state index contributed by atoms with van der Waals surface area (Å²) in [5.74, 6) is 0.553. The Morgan fingerprint density at radius 2 is 1.70 bits per heavy atom. The molecule has 0 saturated carbocycles. The Morgan fingerprint density at radius 1 is 1.04 bits per heavy atom. The molecule has 2 aromatic carbocycles. The summed E-state index contributed by atoms with van der Waals surface area (Å²) in [5.41, 5.74) is 1.21. The van der Waals surface area contributed by atoms with Crippen LogP contribution in [-0.2, 0) is 6.54 Å². The number of hydrogen-bond donors (Lipinski definition) is 0. The first-order chi connectivity index (χ1) is 12.8. The molecule has 0 amide bonds. The van der Waals surface area contributed by atoms with Crippen molar-refractivity contribution in [3.63, 3.8) is 0 Å². The maximum absolute atomic E-state index is 12.6. The number of ether oxygens (including phenoxy) is 1. The quantitative estimate of drug-likeness (QED) is 0.616. The van der Waals surface area contributed by atoms with E-state index in [1.165, 1.54) is 12.1 Å². The molecule has 1 unspecified atom stereocenters. The lowest BCUT2D eigenvalue weighted by atomic mass is 10.1. The third kappa shape index (κ3) is 4.85. The van der Waals surface area contributed by atoms with Crippen LogP contribution in [0.25, 0.3) is 11.5 Å². The third-order valence-corrected chi connectivity index (χ3v) is 4.10. The summed E-state index contributed by atoms with van der Waals surface area (Å²) >= 11 is 0. The van der Waals surface area contributed by atoms with Crippen molar-refractivity contribution in [1.29, 1.82) is 0 Å². The van der Waals surface area contributed by atoms with E-state index in [9.17, 15) is 13.2 Å². The zero-order chi connectivity index (χ0) is 19.4. The van der Waals surface area contributed by atoms with Gasteiger partial charge < -0.3 is 9.15 Å². The monoisotopic (exact) mass is 377 g/mol. The number of benzene rings is 2. The molecule has 0 saturated heterocycles. The van der Waals surface area contributed by atoms with Gasteiger partial charge in [0.2, 0.25) is 11.8 Å². The van der Waals surface area contributed by atoms with E-state index in [4.69, 9.17) is 4.42 Å².